The molecule has 3 fully saturated rings. The average molecular weight is 626 g/mol. The zero-order valence-corrected chi connectivity index (χ0v) is 22.2. The topological polar surface area (TPSA) is 321 Å². The number of ether oxygens (including phenoxy) is 5. The second-order valence-electron chi connectivity index (χ2n) is 9.60. The van der Waals surface area contributed by atoms with Gasteiger partial charge in [-0.05, 0) is 0 Å². The van der Waals surface area contributed by atoms with Gasteiger partial charge in [0.15, 0.2) is 18.9 Å². The minimum Gasteiger partial charge on any atom is -0.394 e. The molecule has 41 heavy (non-hydrogen) atoms. The van der Waals surface area contributed by atoms with E-state index in [0.717, 1.165) is 6.92 Å². The summed E-state index contributed by atoms with van der Waals surface area (Å²) in [6, 6.07) is -1.65. The Kier molecular flexibility index (Phi) is 11.7. The third-order valence-electron chi connectivity index (χ3n) is 6.70. The van der Waals surface area contributed by atoms with Gasteiger partial charge in [-0.3, -0.25) is 9.35 Å². The lowest BCUT2D eigenvalue weighted by Gasteiger charge is -2.49. The second-order valence-corrected chi connectivity index (χ2v) is 10.7. The number of carbonyl (C=O) groups excluding carboxylic acids is 1. The molecule has 0 aromatic carbocycles. The summed E-state index contributed by atoms with van der Waals surface area (Å²) in [5.41, 5.74) is 0. The predicted molar refractivity (Wildman–Crippen MR) is 123 cm³/mol. The normalized spacial score (nSPS) is 45.8. The van der Waals surface area contributed by atoms with Crippen LogP contribution in [-0.2, 0) is 43.1 Å². The van der Waals surface area contributed by atoms with Crippen LogP contribution in [0.4, 0.5) is 0 Å². The molecule has 0 aliphatic carbocycles. The van der Waals surface area contributed by atoms with E-state index in [-0.39, 0.29) is 0 Å². The van der Waals surface area contributed by atoms with Crippen LogP contribution < -0.4 is 5.32 Å². The van der Waals surface area contributed by atoms with E-state index in [1.165, 1.54) is 0 Å². The molecule has 3 aliphatic heterocycles. The van der Waals surface area contributed by atoms with Crippen molar-refractivity contribution < 1.29 is 91.6 Å². The van der Waals surface area contributed by atoms with Gasteiger partial charge in [-0.15, -0.1) is 0 Å². The smallest absolute Gasteiger partial charge is 0.394 e. The summed E-state index contributed by atoms with van der Waals surface area (Å²) < 4.78 is 62.6. The highest BCUT2D eigenvalue weighted by atomic mass is 32.3. The van der Waals surface area contributed by atoms with Gasteiger partial charge in [0, 0.05) is 6.92 Å². The molecule has 0 bridgehead atoms. The summed E-state index contributed by atoms with van der Waals surface area (Å²) in [7, 11) is -5.09. The van der Waals surface area contributed by atoms with E-state index in [1.807, 2.05) is 0 Å². The lowest BCUT2D eigenvalue weighted by Crippen LogP contribution is -2.69. The first-order valence-electron chi connectivity index (χ1n) is 12.2. The van der Waals surface area contributed by atoms with E-state index in [4.69, 9.17) is 28.2 Å². The molecule has 1 amide bonds. The number of nitrogens with one attached hydrogen (secondary N) is 1. The number of amides is 1. The van der Waals surface area contributed by atoms with Crippen LogP contribution in [0.15, 0.2) is 0 Å². The van der Waals surface area contributed by atoms with E-state index in [9.17, 15) is 59.2 Å². The highest BCUT2D eigenvalue weighted by Gasteiger charge is 2.54. The molecule has 3 aliphatic rings. The highest BCUT2D eigenvalue weighted by Crippen LogP contribution is 2.32. The fourth-order valence-corrected chi connectivity index (χ4v) is 4.89. The second kappa shape index (κ2) is 14.0. The quantitative estimate of drug-likeness (QED) is 0.100. The van der Waals surface area contributed by atoms with Crippen LogP contribution in [0.3, 0.4) is 0 Å². The van der Waals surface area contributed by atoms with Crippen molar-refractivity contribution in [3.8, 4) is 0 Å². The molecular formula is C20H35NO19S. The molecule has 3 heterocycles. The third kappa shape index (κ3) is 8.04. The Morgan fingerprint density at radius 3 is 1.83 bits per heavy atom. The van der Waals surface area contributed by atoms with E-state index >= 15 is 0 Å². The van der Waals surface area contributed by atoms with Crippen molar-refractivity contribution in [2.75, 3.05) is 19.8 Å². The Labute approximate surface area is 232 Å². The summed E-state index contributed by atoms with van der Waals surface area (Å²) in [6.07, 6.45) is -25.5. The number of hydrogen-bond donors (Lipinski definition) is 11. The SMILES string of the molecule is CC(=O)N[C@H]1[C@H](O[C@H]2[C@@H](O)[C@H](O)[C@@H](CO)O[C@@H]2O)O[C@H](COS(=O)(=O)O)[C@@H](O)[C@@H]1O[C@@H]1O[C@H](CO)[C@H](O)[C@H](O)[C@H]1O. The molecule has 0 radical (unpaired) electrons. The summed E-state index contributed by atoms with van der Waals surface area (Å²) in [5, 5.41) is 93.7. The lowest BCUT2D eigenvalue weighted by molar-refractivity contribution is -0.367. The number of aliphatic hydroxyl groups is 9. The summed E-state index contributed by atoms with van der Waals surface area (Å²) >= 11 is 0. The molecule has 3 rings (SSSR count). The van der Waals surface area contributed by atoms with Crippen molar-refractivity contribution in [3.63, 3.8) is 0 Å². The first-order chi connectivity index (χ1) is 19.1. The Morgan fingerprint density at radius 2 is 1.27 bits per heavy atom. The van der Waals surface area contributed by atoms with Crippen molar-refractivity contribution in [3.05, 3.63) is 0 Å². The molecule has 11 N–H and O–H groups in total. The fourth-order valence-electron chi connectivity index (χ4n) is 4.58. The van der Waals surface area contributed by atoms with E-state index < -0.39 is 128 Å². The van der Waals surface area contributed by atoms with Crippen molar-refractivity contribution in [1.82, 2.24) is 5.32 Å². The maximum Gasteiger partial charge on any atom is 0.397 e. The Balaban J connectivity index is 1.95. The van der Waals surface area contributed by atoms with E-state index in [0.29, 0.717) is 0 Å². The maximum absolute atomic E-state index is 12.1. The Hall–Kier alpha value is -1.22. The van der Waals surface area contributed by atoms with Crippen molar-refractivity contribution in [2.24, 2.45) is 0 Å². The molecule has 0 aromatic rings. The molecule has 20 nitrogen and oxygen atoms in total. The third-order valence-corrected chi connectivity index (χ3v) is 7.13. The van der Waals surface area contributed by atoms with Gasteiger partial charge in [0.25, 0.3) is 0 Å². The molecule has 0 spiro atoms. The van der Waals surface area contributed by atoms with Gasteiger partial charge < -0.3 is 75.0 Å². The number of carbonyl (C=O) groups is 1. The van der Waals surface area contributed by atoms with Crippen LogP contribution in [-0.4, -0.2) is 177 Å². The molecule has 21 heteroatoms. The van der Waals surface area contributed by atoms with Crippen LogP contribution in [0, 0.1) is 0 Å². The van der Waals surface area contributed by atoms with Gasteiger partial charge in [0.05, 0.1) is 19.8 Å². The molecular weight excluding hydrogens is 590 g/mol. The van der Waals surface area contributed by atoms with Gasteiger partial charge >= 0.3 is 10.4 Å². The van der Waals surface area contributed by atoms with Crippen molar-refractivity contribution in [1.29, 1.82) is 0 Å². The van der Waals surface area contributed by atoms with E-state index in [1.54, 1.807) is 0 Å². The van der Waals surface area contributed by atoms with Crippen molar-refractivity contribution in [2.45, 2.75) is 99.0 Å². The number of aliphatic hydroxyl groups excluding tert-OH is 9. The first kappa shape index (κ1) is 34.3. The zero-order valence-electron chi connectivity index (χ0n) is 21.3. The van der Waals surface area contributed by atoms with Crippen LogP contribution in [0.25, 0.3) is 0 Å². The minimum absolute atomic E-state index is 0.796. The Bertz CT molecular complexity index is 970. The minimum atomic E-state index is -5.09. The largest absolute Gasteiger partial charge is 0.397 e. The number of hydrogen-bond acceptors (Lipinski definition) is 18. The number of rotatable bonds is 10. The van der Waals surface area contributed by atoms with Gasteiger partial charge in [-0.2, -0.15) is 8.42 Å². The standard InChI is InChI=1S/C20H35NO19S/c1-5(24)21-9-16(39-20-15(30)13(28)10(25)7(3-23)37-20)12(27)8(4-35-41(32,33)34)38-19(9)40-17-14(29)11(26)6(2-22)36-18(17)31/h6-20,22-23,25-31H,2-4H2,1H3,(H,21,24)(H,32,33,34)/t6-,7-,8-,9-,10+,11-,12-,13+,14+,15-,16-,17+,18+,19+,20+/m1/s1. The van der Waals surface area contributed by atoms with Crippen LogP contribution >= 0.6 is 0 Å². The summed E-state index contributed by atoms with van der Waals surface area (Å²) in [6.45, 7) is -1.72. The van der Waals surface area contributed by atoms with Gasteiger partial charge in [-0.25, -0.2) is 4.18 Å². The summed E-state index contributed by atoms with van der Waals surface area (Å²) in [4.78, 5) is 12.1. The Morgan fingerprint density at radius 1 is 0.732 bits per heavy atom. The fraction of sp³-hybridized carbons (Fsp3) is 0.950. The van der Waals surface area contributed by atoms with Gasteiger partial charge in [0.1, 0.15) is 73.2 Å². The van der Waals surface area contributed by atoms with Gasteiger partial charge in [-0.1, -0.05) is 0 Å². The van der Waals surface area contributed by atoms with Crippen LogP contribution in [0.5, 0.6) is 0 Å². The maximum atomic E-state index is 12.1. The van der Waals surface area contributed by atoms with Gasteiger partial charge in [0.2, 0.25) is 5.91 Å². The lowest BCUT2D eigenvalue weighted by atomic mass is 9.94. The highest BCUT2D eigenvalue weighted by molar-refractivity contribution is 7.80. The average Bonchev–Trinajstić information content (AvgIpc) is 2.90. The van der Waals surface area contributed by atoms with E-state index in [2.05, 4.69) is 9.50 Å². The molecule has 0 saturated carbocycles. The van der Waals surface area contributed by atoms with Crippen LogP contribution in [0.1, 0.15) is 6.92 Å². The zero-order chi connectivity index (χ0) is 30.8. The summed E-state index contributed by atoms with van der Waals surface area (Å²) in [5.74, 6) is -0.796. The van der Waals surface area contributed by atoms with Crippen molar-refractivity contribution >= 4 is 16.3 Å². The monoisotopic (exact) mass is 625 g/mol. The first-order valence-corrected chi connectivity index (χ1v) is 13.6. The van der Waals surface area contributed by atoms with Crippen LogP contribution in [0.2, 0.25) is 0 Å². The molecule has 0 unspecified atom stereocenters. The predicted octanol–water partition coefficient (Wildman–Crippen LogP) is -7.60. The molecule has 15 atom stereocenters. The molecule has 0 aromatic heterocycles. The molecule has 240 valence electrons. The molecule has 3 saturated heterocycles.